The van der Waals surface area contributed by atoms with Gasteiger partial charge in [-0.05, 0) is 152 Å². The van der Waals surface area contributed by atoms with E-state index in [9.17, 15) is 0 Å². The van der Waals surface area contributed by atoms with Crippen LogP contribution in [0.2, 0.25) is 0 Å². The summed E-state index contributed by atoms with van der Waals surface area (Å²) < 4.78 is 0. The number of allylic oxidation sites excluding steroid dienone is 4. The molecule has 0 N–H and O–H groups in total. The molecule has 298 valence electrons. The quantitative estimate of drug-likeness (QED) is 0.0676. The molecule has 18 rings (SSSR count). The fraction of sp³-hybridized carbons (Fsp3) is 0.377. The van der Waals surface area contributed by atoms with E-state index in [-0.39, 0.29) is 16.9 Å². The summed E-state index contributed by atoms with van der Waals surface area (Å²) >= 11 is 0. The minimum Gasteiger partial charge on any atom is -0.297 e. The highest BCUT2D eigenvalue weighted by molar-refractivity contribution is 6.47. The number of unbranched alkanes of at least 4 members (excludes halogenated alkanes) is 9. The van der Waals surface area contributed by atoms with Gasteiger partial charge in [0.1, 0.15) is 0 Å². The standard InChI is InChI=1S/C61H49N/c1-3-4-5-6-7-8-9-10-11-12-13-29-14-16-30(17-15-29)59-61-40-27-26-39-37-24-22-35-33-20-18-31-32-19-21-34-36-23-25-38(40)48-46(36)51-44(34)42(32)49-41(31)43(33)50-45(35)47(37)57(60(39,61)28-62(59)2)55-53(50)52(49)54(51)56(55)58(48)61/h14-22,25-27,35,38,45-48,59H,3-13,28H2,1-2H3. The van der Waals surface area contributed by atoms with Crippen LogP contribution in [-0.2, 0) is 6.42 Å². The zero-order chi connectivity index (χ0) is 39.9. The largest absolute Gasteiger partial charge is 0.297 e. The summed E-state index contributed by atoms with van der Waals surface area (Å²) in [6.07, 6.45) is 25.7. The van der Waals surface area contributed by atoms with Crippen LogP contribution >= 0.6 is 0 Å². The van der Waals surface area contributed by atoms with Crippen molar-refractivity contribution in [1.82, 2.24) is 4.90 Å². The lowest BCUT2D eigenvalue weighted by molar-refractivity contribution is 0.242. The second-order valence-corrected chi connectivity index (χ2v) is 22.2. The van der Waals surface area contributed by atoms with Crippen LogP contribution in [0.4, 0.5) is 0 Å². The summed E-state index contributed by atoms with van der Waals surface area (Å²) in [5, 5.41) is 19.5. The second kappa shape index (κ2) is 10.1. The van der Waals surface area contributed by atoms with Gasteiger partial charge in [0, 0.05) is 70.1 Å². The van der Waals surface area contributed by atoms with Crippen LogP contribution in [0.5, 0.6) is 0 Å². The Balaban J connectivity index is 0.896. The molecule has 7 aromatic carbocycles. The SMILES string of the molecule is CCCCCCCCCCCCc1ccc(C2N(C)CC34C5=CC=C6C7C=C=C8c9ccc%10c%11ccc%12c%13c%14c%15c(c%16c%17c(c9c%10c(c%17%15)c%13%11)C8C7C=%16C623)=C4C2C5=C=CC%12C%142)cc1. The first-order valence-corrected chi connectivity index (χ1v) is 25.0. The minimum atomic E-state index is -0.133. The average Bonchev–Trinajstić information content (AvgIpc) is 4.14. The molecule has 0 bridgehead atoms. The molecule has 1 heterocycles. The highest BCUT2D eigenvalue weighted by atomic mass is 15.2. The number of benzene rings is 5. The van der Waals surface area contributed by atoms with Crippen LogP contribution in [0.25, 0.3) is 70.6 Å². The molecule has 2 saturated carbocycles. The van der Waals surface area contributed by atoms with Gasteiger partial charge in [0.05, 0.1) is 0 Å². The molecule has 7 aromatic rings. The van der Waals surface area contributed by atoms with Crippen molar-refractivity contribution >= 4 is 70.6 Å². The Labute approximate surface area is 362 Å². The zero-order valence-corrected chi connectivity index (χ0v) is 35.9. The third kappa shape index (κ3) is 2.91. The smallest absolute Gasteiger partial charge is 0.0489 e. The molecule has 0 aromatic heterocycles. The monoisotopic (exact) mass is 795 g/mol. The first-order valence-electron chi connectivity index (χ1n) is 25.0. The molecular weight excluding hydrogens is 747 g/mol. The Bertz CT molecular complexity index is 3740. The first-order chi connectivity index (χ1) is 30.7. The van der Waals surface area contributed by atoms with Crippen molar-refractivity contribution in [1.29, 1.82) is 0 Å². The van der Waals surface area contributed by atoms with Crippen molar-refractivity contribution in [3.05, 3.63) is 145 Å². The predicted octanol–water partition coefficient (Wildman–Crippen LogP) is 12.9. The molecule has 1 aliphatic heterocycles. The van der Waals surface area contributed by atoms with E-state index in [0.29, 0.717) is 35.5 Å². The van der Waals surface area contributed by atoms with Gasteiger partial charge in [-0.25, -0.2) is 0 Å². The molecular formula is C61H49N. The highest BCUT2D eigenvalue weighted by Gasteiger charge is 2.80. The Morgan fingerprint density at radius 1 is 0.613 bits per heavy atom. The van der Waals surface area contributed by atoms with E-state index in [0.717, 1.165) is 6.54 Å². The van der Waals surface area contributed by atoms with Crippen molar-refractivity contribution in [2.75, 3.05) is 13.6 Å². The van der Waals surface area contributed by atoms with Gasteiger partial charge in [-0.1, -0.05) is 125 Å². The summed E-state index contributed by atoms with van der Waals surface area (Å²) in [5.41, 5.74) is 27.8. The van der Waals surface area contributed by atoms with Gasteiger partial charge in [-0.2, -0.15) is 0 Å². The first kappa shape index (κ1) is 32.5. The van der Waals surface area contributed by atoms with Crippen molar-refractivity contribution in [2.45, 2.75) is 101 Å². The van der Waals surface area contributed by atoms with Crippen molar-refractivity contribution < 1.29 is 0 Å². The average molecular weight is 796 g/mol. The lowest BCUT2D eigenvalue weighted by atomic mass is 9.48. The molecule has 9 atom stereocenters. The van der Waals surface area contributed by atoms with Gasteiger partial charge in [0.25, 0.3) is 0 Å². The lowest BCUT2D eigenvalue weighted by Crippen LogP contribution is -2.54. The van der Waals surface area contributed by atoms with Gasteiger partial charge < -0.3 is 0 Å². The summed E-state index contributed by atoms with van der Waals surface area (Å²) in [4.78, 5) is 2.87. The molecule has 1 saturated heterocycles. The van der Waals surface area contributed by atoms with E-state index in [2.05, 4.69) is 103 Å². The third-order valence-corrected chi connectivity index (χ3v) is 20.2. The molecule has 1 heteroatoms. The number of likely N-dealkylation sites (tertiary alicyclic amines) is 1. The van der Waals surface area contributed by atoms with Crippen LogP contribution in [-0.4, -0.2) is 18.5 Å². The van der Waals surface area contributed by atoms with Crippen LogP contribution < -0.4 is 10.4 Å². The van der Waals surface area contributed by atoms with E-state index in [4.69, 9.17) is 0 Å². The second-order valence-electron chi connectivity index (χ2n) is 22.2. The number of fused-ring (bicyclic) bond motifs is 5. The molecule has 1 nitrogen and oxygen atoms in total. The van der Waals surface area contributed by atoms with Gasteiger partial charge in [-0.15, -0.1) is 11.5 Å². The van der Waals surface area contributed by atoms with Crippen molar-refractivity contribution in [3.8, 4) is 0 Å². The van der Waals surface area contributed by atoms with Crippen molar-refractivity contribution in [3.63, 3.8) is 0 Å². The zero-order valence-electron chi connectivity index (χ0n) is 35.9. The number of nitrogens with zero attached hydrogens (tertiary/aromatic N) is 1. The maximum absolute atomic E-state index is 4.21. The summed E-state index contributed by atoms with van der Waals surface area (Å²) in [7, 11) is 2.51. The molecule has 11 aliphatic rings. The number of hydrogen-bond donors (Lipinski definition) is 0. The molecule has 62 heavy (non-hydrogen) atoms. The minimum absolute atomic E-state index is 0.0931. The Morgan fingerprint density at radius 2 is 1.32 bits per heavy atom. The van der Waals surface area contributed by atoms with Gasteiger partial charge >= 0.3 is 0 Å². The Morgan fingerprint density at radius 3 is 2.16 bits per heavy atom. The third-order valence-electron chi connectivity index (χ3n) is 20.2. The Hall–Kier alpha value is -5.16. The van der Waals surface area contributed by atoms with Crippen LogP contribution in [0.1, 0.15) is 128 Å². The molecule has 0 radical (unpaired) electrons. The molecule has 9 unspecified atom stereocenters. The fourth-order valence-corrected chi connectivity index (χ4v) is 18.8. The van der Waals surface area contributed by atoms with Gasteiger partial charge in [0.15, 0.2) is 0 Å². The van der Waals surface area contributed by atoms with Gasteiger partial charge in [0.2, 0.25) is 0 Å². The molecule has 0 amide bonds. The molecule has 2 spiro atoms. The van der Waals surface area contributed by atoms with E-state index in [1.54, 1.807) is 86.9 Å². The van der Waals surface area contributed by atoms with Gasteiger partial charge in [-0.3, -0.25) is 4.90 Å². The van der Waals surface area contributed by atoms with E-state index >= 15 is 0 Å². The highest BCUT2D eigenvalue weighted by Crippen LogP contribution is 2.86. The number of aryl methyl sites for hydroxylation is 1. The Kier molecular flexibility index (Phi) is 5.30. The number of rotatable bonds is 12. The van der Waals surface area contributed by atoms with Crippen LogP contribution in [0.15, 0.2) is 101 Å². The topological polar surface area (TPSA) is 3.24 Å². The molecule has 3 fully saturated rings. The summed E-state index contributed by atoms with van der Waals surface area (Å²) in [6, 6.07) is 20.7. The molecule has 10 aliphatic carbocycles. The number of hydrogen-bond acceptors (Lipinski definition) is 1. The predicted molar refractivity (Wildman–Crippen MR) is 254 cm³/mol. The summed E-state index contributed by atoms with van der Waals surface area (Å²) in [5.74, 6) is 2.45. The fourth-order valence-electron chi connectivity index (χ4n) is 18.8. The van der Waals surface area contributed by atoms with E-state index in [1.807, 2.05) is 11.1 Å². The summed E-state index contributed by atoms with van der Waals surface area (Å²) in [6.45, 7) is 3.40. The van der Waals surface area contributed by atoms with E-state index in [1.165, 1.54) is 104 Å². The van der Waals surface area contributed by atoms with Crippen LogP contribution in [0.3, 0.4) is 0 Å². The maximum Gasteiger partial charge on any atom is 0.0489 e. The normalized spacial score (nSPS) is 32.9. The van der Waals surface area contributed by atoms with Crippen molar-refractivity contribution in [2.24, 2.45) is 28.6 Å². The van der Waals surface area contributed by atoms with E-state index < -0.39 is 0 Å². The lowest BCUT2D eigenvalue weighted by Gasteiger charge is -2.53. The van der Waals surface area contributed by atoms with Crippen LogP contribution in [0, 0.1) is 28.6 Å². The maximum atomic E-state index is 4.21.